The first-order chi connectivity index (χ1) is 18.0. The van der Waals surface area contributed by atoms with Gasteiger partial charge in [-0.2, -0.15) is 0 Å². The maximum absolute atomic E-state index is 13.5. The first-order valence-corrected chi connectivity index (χ1v) is 13.2. The van der Waals surface area contributed by atoms with E-state index in [-0.39, 0.29) is 24.4 Å². The van der Waals surface area contributed by atoms with E-state index in [4.69, 9.17) is 5.73 Å². The number of aromatic nitrogens is 1. The highest BCUT2D eigenvalue weighted by Crippen LogP contribution is 2.31. The SMILES string of the molecule is Cc1cc(NC(=O)C(=O)N2C[C@@H](C)N(C(=O)C(C)C)C[C@@H]2c2ccc(N3CCN(C)CC3)cc2)cnc1N. The molecule has 2 aromatic rings. The van der Waals surface area contributed by atoms with Gasteiger partial charge < -0.3 is 30.7 Å². The van der Waals surface area contributed by atoms with Crippen LogP contribution in [0.4, 0.5) is 17.2 Å². The zero-order chi connectivity index (χ0) is 27.6. The summed E-state index contributed by atoms with van der Waals surface area (Å²) < 4.78 is 0. The second-order valence-corrected chi connectivity index (χ2v) is 10.7. The minimum Gasteiger partial charge on any atom is -0.383 e. The van der Waals surface area contributed by atoms with E-state index in [9.17, 15) is 14.4 Å². The lowest BCUT2D eigenvalue weighted by molar-refractivity contribution is -0.152. The summed E-state index contributed by atoms with van der Waals surface area (Å²) in [5.41, 5.74) is 8.92. The molecular weight excluding hydrogens is 482 g/mol. The normalized spacial score (nSPS) is 20.5. The number of nitrogen functional groups attached to an aromatic ring is 1. The molecule has 10 nitrogen and oxygen atoms in total. The number of benzene rings is 1. The Morgan fingerprint density at radius 1 is 1.03 bits per heavy atom. The fourth-order valence-corrected chi connectivity index (χ4v) is 5.06. The molecule has 38 heavy (non-hydrogen) atoms. The van der Waals surface area contributed by atoms with Gasteiger partial charge in [0.1, 0.15) is 5.82 Å². The number of likely N-dealkylation sites (N-methyl/N-ethyl adjacent to an activating group) is 1. The van der Waals surface area contributed by atoms with Gasteiger partial charge >= 0.3 is 11.8 Å². The lowest BCUT2D eigenvalue weighted by Gasteiger charge is -2.45. The summed E-state index contributed by atoms with van der Waals surface area (Å²) in [4.78, 5) is 51.7. The molecule has 4 rings (SSSR count). The van der Waals surface area contributed by atoms with Gasteiger partial charge in [-0.3, -0.25) is 14.4 Å². The van der Waals surface area contributed by atoms with E-state index in [2.05, 4.69) is 39.3 Å². The largest absolute Gasteiger partial charge is 0.383 e. The molecule has 0 unspecified atom stereocenters. The number of nitrogens with two attached hydrogens (primary N) is 1. The minimum atomic E-state index is -0.745. The van der Waals surface area contributed by atoms with Gasteiger partial charge in [0, 0.05) is 56.9 Å². The fraction of sp³-hybridized carbons (Fsp3) is 0.500. The highest BCUT2D eigenvalue weighted by Gasteiger charge is 2.40. The van der Waals surface area contributed by atoms with Crippen LogP contribution >= 0.6 is 0 Å². The molecule has 0 aliphatic carbocycles. The average Bonchev–Trinajstić information content (AvgIpc) is 2.90. The molecule has 0 spiro atoms. The van der Waals surface area contributed by atoms with Crippen molar-refractivity contribution < 1.29 is 14.4 Å². The summed E-state index contributed by atoms with van der Waals surface area (Å²) in [6.07, 6.45) is 1.43. The van der Waals surface area contributed by atoms with Crippen molar-refractivity contribution in [3.05, 3.63) is 47.7 Å². The van der Waals surface area contributed by atoms with Crippen molar-refractivity contribution in [2.45, 2.75) is 39.8 Å². The van der Waals surface area contributed by atoms with Crippen LogP contribution in [0, 0.1) is 12.8 Å². The van der Waals surface area contributed by atoms with Gasteiger partial charge in [-0.05, 0) is 50.2 Å². The molecule has 1 aromatic carbocycles. The maximum Gasteiger partial charge on any atom is 0.313 e. The molecule has 1 aromatic heterocycles. The molecule has 204 valence electrons. The summed E-state index contributed by atoms with van der Waals surface area (Å²) >= 11 is 0. The van der Waals surface area contributed by atoms with Crippen molar-refractivity contribution in [3.63, 3.8) is 0 Å². The van der Waals surface area contributed by atoms with Gasteiger partial charge in [0.05, 0.1) is 17.9 Å². The second kappa shape index (κ2) is 11.4. The molecule has 2 atom stereocenters. The second-order valence-electron chi connectivity index (χ2n) is 10.7. The number of carbonyl (C=O) groups excluding carboxylic acids is 3. The van der Waals surface area contributed by atoms with Gasteiger partial charge in [0.2, 0.25) is 5.91 Å². The van der Waals surface area contributed by atoms with Crippen LogP contribution in [0.1, 0.15) is 37.9 Å². The third kappa shape index (κ3) is 5.91. The molecule has 3 heterocycles. The third-order valence-electron chi connectivity index (χ3n) is 7.49. The Morgan fingerprint density at radius 2 is 1.68 bits per heavy atom. The summed E-state index contributed by atoms with van der Waals surface area (Å²) in [5, 5.41) is 2.66. The predicted molar refractivity (Wildman–Crippen MR) is 149 cm³/mol. The molecule has 0 bridgehead atoms. The van der Waals surface area contributed by atoms with E-state index in [0.29, 0.717) is 23.6 Å². The summed E-state index contributed by atoms with van der Waals surface area (Å²) in [7, 11) is 2.13. The molecule has 3 amide bonds. The fourth-order valence-electron chi connectivity index (χ4n) is 5.06. The highest BCUT2D eigenvalue weighted by molar-refractivity contribution is 6.39. The highest BCUT2D eigenvalue weighted by atomic mass is 16.2. The Morgan fingerprint density at radius 3 is 2.29 bits per heavy atom. The van der Waals surface area contributed by atoms with Crippen LogP contribution in [0.25, 0.3) is 0 Å². The number of nitrogens with zero attached hydrogens (tertiary/aromatic N) is 5. The molecule has 0 saturated carbocycles. The Hall–Kier alpha value is -3.66. The number of rotatable bonds is 4. The van der Waals surface area contributed by atoms with Gasteiger partial charge in [0.15, 0.2) is 0 Å². The monoisotopic (exact) mass is 521 g/mol. The summed E-state index contributed by atoms with van der Waals surface area (Å²) in [5.74, 6) is -1.14. The lowest BCUT2D eigenvalue weighted by Crippen LogP contribution is -2.59. The van der Waals surface area contributed by atoms with E-state index >= 15 is 0 Å². The van der Waals surface area contributed by atoms with E-state index in [1.165, 1.54) is 6.20 Å². The third-order valence-corrected chi connectivity index (χ3v) is 7.49. The van der Waals surface area contributed by atoms with Gasteiger partial charge in [0.25, 0.3) is 0 Å². The zero-order valence-corrected chi connectivity index (χ0v) is 23.0. The Labute approximate surface area is 224 Å². The number of pyridine rings is 1. The number of carbonyl (C=O) groups is 3. The Balaban J connectivity index is 1.58. The molecule has 0 radical (unpaired) electrons. The quantitative estimate of drug-likeness (QED) is 0.592. The van der Waals surface area contributed by atoms with Gasteiger partial charge in [-0.25, -0.2) is 4.98 Å². The standard InChI is InChI=1S/C28H39N7O3/c1-18(2)27(37)34-17-24(21-6-8-23(9-7-21)33-12-10-32(5)11-13-33)35(16-20(34)4)28(38)26(36)31-22-14-19(3)25(29)30-15-22/h6-9,14-15,18,20,24H,10-13,16-17H2,1-5H3,(H2,29,30)(H,31,36)/t20-,24-/m1/s1. The van der Waals surface area contributed by atoms with Crippen molar-refractivity contribution in [2.75, 3.05) is 62.3 Å². The average molecular weight is 522 g/mol. The lowest BCUT2D eigenvalue weighted by atomic mass is 9.97. The van der Waals surface area contributed by atoms with Gasteiger partial charge in [-0.1, -0.05) is 26.0 Å². The molecule has 10 heteroatoms. The summed E-state index contributed by atoms with van der Waals surface area (Å²) in [6, 6.07) is 9.18. The van der Waals surface area contributed by atoms with Crippen LogP contribution in [-0.2, 0) is 14.4 Å². The molecular formula is C28H39N7O3. The van der Waals surface area contributed by atoms with Crippen molar-refractivity contribution in [1.29, 1.82) is 0 Å². The number of piperazine rings is 2. The molecule has 2 saturated heterocycles. The Bertz CT molecular complexity index is 1180. The first kappa shape index (κ1) is 27.4. The smallest absolute Gasteiger partial charge is 0.313 e. The van der Waals surface area contributed by atoms with Crippen molar-refractivity contribution in [2.24, 2.45) is 5.92 Å². The van der Waals surface area contributed by atoms with E-state index in [1.54, 1.807) is 17.9 Å². The van der Waals surface area contributed by atoms with Crippen LogP contribution in [0.5, 0.6) is 0 Å². The van der Waals surface area contributed by atoms with E-state index in [1.807, 2.05) is 37.8 Å². The van der Waals surface area contributed by atoms with Crippen LogP contribution < -0.4 is 16.0 Å². The number of anilines is 3. The van der Waals surface area contributed by atoms with Crippen molar-refractivity contribution in [1.82, 2.24) is 19.7 Å². The van der Waals surface area contributed by atoms with Crippen molar-refractivity contribution in [3.8, 4) is 0 Å². The Kier molecular flexibility index (Phi) is 8.20. The number of nitrogens with one attached hydrogen (secondary N) is 1. The minimum absolute atomic E-state index is 0.0385. The summed E-state index contributed by atoms with van der Waals surface area (Å²) in [6.45, 7) is 12.0. The van der Waals surface area contributed by atoms with Crippen LogP contribution in [0.3, 0.4) is 0 Å². The van der Waals surface area contributed by atoms with Crippen LogP contribution in [0.2, 0.25) is 0 Å². The number of amides is 3. The van der Waals surface area contributed by atoms with E-state index in [0.717, 1.165) is 37.4 Å². The molecule has 3 N–H and O–H groups in total. The predicted octanol–water partition coefficient (Wildman–Crippen LogP) is 2.12. The van der Waals surface area contributed by atoms with E-state index < -0.39 is 17.9 Å². The zero-order valence-electron chi connectivity index (χ0n) is 23.0. The van der Waals surface area contributed by atoms with Crippen LogP contribution in [0.15, 0.2) is 36.5 Å². The topological polar surface area (TPSA) is 115 Å². The van der Waals surface area contributed by atoms with Crippen molar-refractivity contribution >= 4 is 34.9 Å². The number of aryl methyl sites for hydroxylation is 1. The molecule has 2 aliphatic heterocycles. The number of hydrogen-bond donors (Lipinski definition) is 2. The molecule has 2 aliphatic rings. The van der Waals surface area contributed by atoms with Crippen LogP contribution in [-0.4, -0.2) is 89.8 Å². The molecule has 2 fully saturated rings. The number of hydrogen-bond acceptors (Lipinski definition) is 7. The maximum atomic E-state index is 13.5. The first-order valence-electron chi connectivity index (χ1n) is 13.2. The van der Waals surface area contributed by atoms with Gasteiger partial charge in [-0.15, -0.1) is 0 Å².